The van der Waals surface area contributed by atoms with Crippen molar-refractivity contribution >= 4 is 34.7 Å². The summed E-state index contributed by atoms with van der Waals surface area (Å²) >= 11 is 1.27. The number of nitrogens with zero attached hydrogens (tertiary/aromatic N) is 5. The van der Waals surface area contributed by atoms with Crippen LogP contribution in [-0.2, 0) is 4.79 Å². The molecule has 0 fully saturated rings. The summed E-state index contributed by atoms with van der Waals surface area (Å²) in [5.74, 6) is 0.300. The molecular formula is C24H24N6O2S. The molecule has 9 heteroatoms. The van der Waals surface area contributed by atoms with E-state index in [0.717, 1.165) is 17.1 Å². The van der Waals surface area contributed by atoms with Crippen LogP contribution < -0.4 is 10.2 Å². The van der Waals surface area contributed by atoms with Crippen molar-refractivity contribution in [2.24, 2.45) is 0 Å². The van der Waals surface area contributed by atoms with Gasteiger partial charge < -0.3 is 15.3 Å². The van der Waals surface area contributed by atoms with Crippen LogP contribution >= 0.6 is 11.8 Å². The van der Waals surface area contributed by atoms with Crippen molar-refractivity contribution in [1.29, 1.82) is 0 Å². The highest BCUT2D eigenvalue weighted by Gasteiger charge is 2.21. The molecule has 0 unspecified atom stereocenters. The number of para-hydroxylation sites is 1. The Morgan fingerprint density at radius 3 is 2.33 bits per heavy atom. The van der Waals surface area contributed by atoms with Crippen molar-refractivity contribution in [2.75, 3.05) is 16.0 Å². The number of carbonyl (C=O) groups is 1. The monoisotopic (exact) mass is 460 g/mol. The summed E-state index contributed by atoms with van der Waals surface area (Å²) < 4.78 is 1.54. The van der Waals surface area contributed by atoms with Crippen LogP contribution in [0.3, 0.4) is 0 Å². The van der Waals surface area contributed by atoms with Crippen LogP contribution in [-0.4, -0.2) is 43.0 Å². The van der Waals surface area contributed by atoms with Gasteiger partial charge in [0, 0.05) is 23.1 Å². The molecule has 4 rings (SSSR count). The number of phenols is 1. The Hall–Kier alpha value is -3.85. The van der Waals surface area contributed by atoms with Gasteiger partial charge in [-0.05, 0) is 84.9 Å². The van der Waals surface area contributed by atoms with E-state index in [1.165, 1.54) is 11.8 Å². The van der Waals surface area contributed by atoms with Crippen LogP contribution in [0.1, 0.15) is 13.8 Å². The van der Waals surface area contributed by atoms with E-state index in [1.807, 2.05) is 68.4 Å². The topological polar surface area (TPSA) is 96.2 Å². The van der Waals surface area contributed by atoms with Gasteiger partial charge in [-0.2, -0.15) is 4.68 Å². The number of hydrogen-bond donors (Lipinski definition) is 2. The van der Waals surface area contributed by atoms with Crippen LogP contribution in [0.4, 0.5) is 17.1 Å². The minimum atomic E-state index is -0.0426. The average molecular weight is 461 g/mol. The Kier molecular flexibility index (Phi) is 6.89. The summed E-state index contributed by atoms with van der Waals surface area (Å²) in [5, 5.41) is 25.1. The minimum absolute atomic E-state index is 0.0147. The van der Waals surface area contributed by atoms with Crippen LogP contribution in [0.2, 0.25) is 0 Å². The number of hydrogen-bond acceptors (Lipinski definition) is 7. The number of phenolic OH excluding ortho intramolecular Hbond substituents is 1. The number of tetrazole rings is 1. The van der Waals surface area contributed by atoms with E-state index < -0.39 is 0 Å². The van der Waals surface area contributed by atoms with E-state index in [9.17, 15) is 9.90 Å². The number of amides is 1. The molecule has 0 aliphatic rings. The summed E-state index contributed by atoms with van der Waals surface area (Å²) in [5.41, 5.74) is 3.48. The molecule has 0 bridgehead atoms. The lowest BCUT2D eigenvalue weighted by Gasteiger charge is -2.27. The third-order valence-electron chi connectivity index (χ3n) is 4.85. The summed E-state index contributed by atoms with van der Waals surface area (Å²) in [4.78, 5) is 14.9. The molecule has 1 amide bonds. The molecule has 0 radical (unpaired) electrons. The largest absolute Gasteiger partial charge is 0.508 e. The van der Waals surface area contributed by atoms with E-state index in [-0.39, 0.29) is 23.5 Å². The fraction of sp³-hybridized carbons (Fsp3) is 0.167. The number of thioether (sulfide) groups is 1. The van der Waals surface area contributed by atoms with Gasteiger partial charge in [-0.25, -0.2) is 0 Å². The number of rotatable bonds is 8. The smallest absolute Gasteiger partial charge is 0.237 e. The van der Waals surface area contributed by atoms with Crippen molar-refractivity contribution in [3.8, 4) is 11.4 Å². The minimum Gasteiger partial charge on any atom is -0.508 e. The van der Waals surface area contributed by atoms with Gasteiger partial charge in [-0.1, -0.05) is 30.0 Å². The Morgan fingerprint density at radius 1 is 1.00 bits per heavy atom. The van der Waals surface area contributed by atoms with Crippen molar-refractivity contribution in [1.82, 2.24) is 20.2 Å². The molecule has 1 heterocycles. The highest BCUT2D eigenvalue weighted by molar-refractivity contribution is 7.99. The van der Waals surface area contributed by atoms with E-state index >= 15 is 0 Å². The zero-order valence-electron chi connectivity index (χ0n) is 18.3. The van der Waals surface area contributed by atoms with Crippen LogP contribution in [0.5, 0.6) is 5.75 Å². The normalized spacial score (nSPS) is 10.9. The molecule has 0 saturated heterocycles. The fourth-order valence-corrected chi connectivity index (χ4v) is 4.09. The van der Waals surface area contributed by atoms with E-state index in [2.05, 4.69) is 20.8 Å². The first-order chi connectivity index (χ1) is 16.0. The third kappa shape index (κ3) is 5.50. The number of aromatic nitrogens is 4. The first-order valence-electron chi connectivity index (χ1n) is 10.5. The molecule has 0 aliphatic carbocycles. The van der Waals surface area contributed by atoms with E-state index in [4.69, 9.17) is 0 Å². The molecule has 2 N–H and O–H groups in total. The lowest BCUT2D eigenvalue weighted by atomic mass is 10.2. The molecule has 1 aromatic heterocycles. The molecule has 4 aromatic rings. The molecule has 0 atom stereocenters. The van der Waals surface area contributed by atoms with E-state index in [1.54, 1.807) is 33.8 Å². The number of nitrogens with one attached hydrogen (secondary N) is 1. The van der Waals surface area contributed by atoms with Gasteiger partial charge in [0.15, 0.2) is 0 Å². The van der Waals surface area contributed by atoms with Gasteiger partial charge in [-0.15, -0.1) is 5.10 Å². The molecule has 0 aliphatic heterocycles. The first-order valence-corrected chi connectivity index (χ1v) is 11.4. The Morgan fingerprint density at radius 2 is 1.67 bits per heavy atom. The van der Waals surface area contributed by atoms with Gasteiger partial charge in [0.2, 0.25) is 11.1 Å². The highest BCUT2D eigenvalue weighted by atomic mass is 32.2. The van der Waals surface area contributed by atoms with E-state index in [0.29, 0.717) is 10.8 Å². The SMILES string of the molecule is CC(C)N(C(=O)CSc1nnnn1-c1ccc(O)cc1)c1ccc(Nc2ccccc2)cc1. The molecule has 8 nitrogen and oxygen atoms in total. The van der Waals surface area contributed by atoms with Crippen molar-refractivity contribution in [2.45, 2.75) is 25.0 Å². The van der Waals surface area contributed by atoms with Gasteiger partial charge in [0.25, 0.3) is 0 Å². The average Bonchev–Trinajstić information content (AvgIpc) is 3.29. The highest BCUT2D eigenvalue weighted by Crippen LogP contribution is 2.25. The lowest BCUT2D eigenvalue weighted by Crippen LogP contribution is -2.38. The second-order valence-electron chi connectivity index (χ2n) is 7.57. The quantitative estimate of drug-likeness (QED) is 0.370. The van der Waals surface area contributed by atoms with Crippen LogP contribution in [0.15, 0.2) is 84.0 Å². The Balaban J connectivity index is 1.44. The number of carbonyl (C=O) groups excluding carboxylic acids is 1. The summed E-state index contributed by atoms with van der Waals surface area (Å²) in [6.07, 6.45) is 0. The molecule has 0 saturated carbocycles. The second-order valence-corrected chi connectivity index (χ2v) is 8.52. The van der Waals surface area contributed by atoms with Crippen LogP contribution in [0.25, 0.3) is 5.69 Å². The van der Waals surface area contributed by atoms with Crippen molar-refractivity contribution < 1.29 is 9.90 Å². The van der Waals surface area contributed by atoms with Gasteiger partial charge in [-0.3, -0.25) is 4.79 Å². The zero-order valence-corrected chi connectivity index (χ0v) is 19.1. The molecular weight excluding hydrogens is 436 g/mol. The van der Waals surface area contributed by atoms with Gasteiger partial charge in [0.05, 0.1) is 11.4 Å². The van der Waals surface area contributed by atoms with Crippen molar-refractivity contribution in [3.63, 3.8) is 0 Å². The predicted octanol–water partition coefficient (Wildman–Crippen LogP) is 4.65. The Bertz CT molecular complexity index is 1190. The first kappa shape index (κ1) is 22.3. The number of benzene rings is 3. The standard InChI is InChI=1S/C24H24N6O2S/c1-17(2)29(20-10-8-19(9-11-20)25-18-6-4-3-5-7-18)23(32)16-33-24-26-27-28-30(24)21-12-14-22(31)15-13-21/h3-15,17,25,31H,16H2,1-2H3. The maximum absolute atomic E-state index is 13.1. The fourth-order valence-electron chi connectivity index (χ4n) is 3.34. The molecule has 3 aromatic carbocycles. The predicted molar refractivity (Wildman–Crippen MR) is 130 cm³/mol. The Labute approximate surface area is 196 Å². The maximum Gasteiger partial charge on any atom is 0.237 e. The lowest BCUT2D eigenvalue weighted by molar-refractivity contribution is -0.116. The number of aromatic hydroxyl groups is 1. The zero-order chi connectivity index (χ0) is 23.2. The third-order valence-corrected chi connectivity index (χ3v) is 5.76. The summed E-state index contributed by atoms with van der Waals surface area (Å²) in [7, 11) is 0. The summed E-state index contributed by atoms with van der Waals surface area (Å²) in [6.45, 7) is 3.97. The summed E-state index contributed by atoms with van der Waals surface area (Å²) in [6, 6.07) is 24.3. The molecule has 0 spiro atoms. The van der Waals surface area contributed by atoms with Crippen LogP contribution in [0, 0.1) is 0 Å². The van der Waals surface area contributed by atoms with Gasteiger partial charge in [0.1, 0.15) is 5.75 Å². The molecule has 168 valence electrons. The maximum atomic E-state index is 13.1. The van der Waals surface area contributed by atoms with Gasteiger partial charge >= 0.3 is 0 Å². The van der Waals surface area contributed by atoms with Crippen molar-refractivity contribution in [3.05, 3.63) is 78.9 Å². The number of anilines is 3. The second kappa shape index (κ2) is 10.2. The molecule has 33 heavy (non-hydrogen) atoms.